The lowest BCUT2D eigenvalue weighted by atomic mass is 9.98. The van der Waals surface area contributed by atoms with E-state index in [1.165, 1.54) is 23.3 Å². The summed E-state index contributed by atoms with van der Waals surface area (Å²) >= 11 is 0. The normalized spacial score (nSPS) is 20.2. The van der Waals surface area contributed by atoms with Crippen molar-refractivity contribution in [2.75, 3.05) is 19.6 Å². The molecule has 0 aliphatic carbocycles. The number of rotatable bonds is 3. The number of likely N-dealkylation sites (tertiary alicyclic amines) is 1. The molecule has 2 heterocycles. The van der Waals surface area contributed by atoms with E-state index in [0.29, 0.717) is 24.7 Å². The van der Waals surface area contributed by atoms with Gasteiger partial charge in [-0.15, -0.1) is 0 Å². The van der Waals surface area contributed by atoms with Gasteiger partial charge in [-0.1, -0.05) is 36.4 Å². The van der Waals surface area contributed by atoms with Crippen molar-refractivity contribution in [2.45, 2.75) is 38.0 Å². The number of hydrogen-bond donors (Lipinski definition) is 0. The van der Waals surface area contributed by atoms with Gasteiger partial charge in [0.2, 0.25) is 5.91 Å². The second-order valence-corrected chi connectivity index (χ2v) is 7.64. The van der Waals surface area contributed by atoms with Crippen LogP contribution in [0.25, 0.3) is 0 Å². The minimum absolute atomic E-state index is 0.0142. The Morgan fingerprint density at radius 2 is 1.71 bits per heavy atom. The van der Waals surface area contributed by atoms with Crippen molar-refractivity contribution in [1.29, 1.82) is 0 Å². The monoisotopic (exact) mass is 388 g/mol. The first kappa shape index (κ1) is 19.0. The average Bonchev–Trinajstić information content (AvgIpc) is 3.18. The molecule has 1 amide bonds. The van der Waals surface area contributed by atoms with Crippen LogP contribution in [-0.4, -0.2) is 41.4 Å². The molecule has 0 spiro atoms. The SMILES string of the molecule is O=C(Cc1ccc(C(F)(F)F)cc1)N1CCC(N2CCc3ccccc3C2)C1. The van der Waals surface area contributed by atoms with Crippen molar-refractivity contribution in [3.8, 4) is 0 Å². The van der Waals surface area contributed by atoms with Crippen LogP contribution >= 0.6 is 0 Å². The van der Waals surface area contributed by atoms with Gasteiger partial charge in [0.25, 0.3) is 0 Å². The van der Waals surface area contributed by atoms with E-state index in [-0.39, 0.29) is 12.3 Å². The number of halogens is 3. The Bertz CT molecular complexity index is 848. The molecule has 0 saturated carbocycles. The molecule has 2 aromatic carbocycles. The van der Waals surface area contributed by atoms with Gasteiger partial charge in [-0.25, -0.2) is 0 Å². The summed E-state index contributed by atoms with van der Waals surface area (Å²) in [6, 6.07) is 13.7. The van der Waals surface area contributed by atoms with E-state index < -0.39 is 11.7 Å². The number of alkyl halides is 3. The zero-order valence-electron chi connectivity index (χ0n) is 15.6. The lowest BCUT2D eigenvalue weighted by molar-refractivity contribution is -0.137. The van der Waals surface area contributed by atoms with E-state index in [9.17, 15) is 18.0 Å². The number of benzene rings is 2. The number of carbonyl (C=O) groups excluding carboxylic acids is 1. The minimum Gasteiger partial charge on any atom is -0.341 e. The fraction of sp³-hybridized carbons (Fsp3) is 0.409. The molecular formula is C22H23F3N2O. The quantitative estimate of drug-likeness (QED) is 0.796. The molecule has 0 N–H and O–H groups in total. The lowest BCUT2D eigenvalue weighted by Crippen LogP contribution is -2.41. The molecule has 6 heteroatoms. The smallest absolute Gasteiger partial charge is 0.341 e. The molecule has 2 aromatic rings. The fourth-order valence-electron chi connectivity index (χ4n) is 4.19. The molecule has 1 atom stereocenters. The van der Waals surface area contributed by atoms with Gasteiger partial charge < -0.3 is 4.90 Å². The maximum Gasteiger partial charge on any atom is 0.416 e. The Morgan fingerprint density at radius 3 is 2.43 bits per heavy atom. The first-order chi connectivity index (χ1) is 13.4. The van der Waals surface area contributed by atoms with E-state index in [0.717, 1.165) is 38.1 Å². The van der Waals surface area contributed by atoms with Crippen LogP contribution in [0.15, 0.2) is 48.5 Å². The molecule has 2 aliphatic heterocycles. The molecule has 1 unspecified atom stereocenters. The molecule has 0 bridgehead atoms. The molecule has 2 aliphatic rings. The van der Waals surface area contributed by atoms with Crippen molar-refractivity contribution >= 4 is 5.91 Å². The average molecular weight is 388 g/mol. The van der Waals surface area contributed by atoms with Crippen molar-refractivity contribution in [3.63, 3.8) is 0 Å². The van der Waals surface area contributed by atoms with E-state index in [2.05, 4.69) is 29.2 Å². The molecule has 1 saturated heterocycles. The van der Waals surface area contributed by atoms with Crippen LogP contribution in [-0.2, 0) is 30.4 Å². The van der Waals surface area contributed by atoms with Crippen LogP contribution in [0.2, 0.25) is 0 Å². The van der Waals surface area contributed by atoms with Crippen LogP contribution in [0.1, 0.15) is 28.7 Å². The molecule has 4 rings (SSSR count). The third-order valence-corrected chi connectivity index (χ3v) is 5.83. The van der Waals surface area contributed by atoms with Crippen LogP contribution in [0.5, 0.6) is 0 Å². The maximum absolute atomic E-state index is 12.7. The largest absolute Gasteiger partial charge is 0.416 e. The predicted molar refractivity (Wildman–Crippen MR) is 101 cm³/mol. The lowest BCUT2D eigenvalue weighted by Gasteiger charge is -2.33. The minimum atomic E-state index is -4.35. The van der Waals surface area contributed by atoms with Crippen LogP contribution in [0.3, 0.4) is 0 Å². The summed E-state index contributed by atoms with van der Waals surface area (Å²) in [4.78, 5) is 16.9. The standard InChI is InChI=1S/C22H23F3N2O/c23-22(24,25)19-7-5-16(6-8-19)13-21(28)27-12-10-20(15-27)26-11-9-17-3-1-2-4-18(17)14-26/h1-8,20H,9-15H2. The first-order valence-electron chi connectivity index (χ1n) is 9.65. The molecule has 148 valence electrons. The Balaban J connectivity index is 1.33. The Kier molecular flexibility index (Phi) is 5.15. The van der Waals surface area contributed by atoms with E-state index >= 15 is 0 Å². The molecule has 1 fully saturated rings. The fourth-order valence-corrected chi connectivity index (χ4v) is 4.19. The molecular weight excluding hydrogens is 365 g/mol. The maximum atomic E-state index is 12.7. The highest BCUT2D eigenvalue weighted by Gasteiger charge is 2.32. The summed E-state index contributed by atoms with van der Waals surface area (Å²) in [5.74, 6) is -0.0142. The number of amides is 1. The van der Waals surface area contributed by atoms with Gasteiger partial charge >= 0.3 is 6.18 Å². The van der Waals surface area contributed by atoms with E-state index in [4.69, 9.17) is 0 Å². The van der Waals surface area contributed by atoms with Crippen LogP contribution in [0, 0.1) is 0 Å². The second-order valence-electron chi connectivity index (χ2n) is 7.64. The number of fused-ring (bicyclic) bond motifs is 1. The van der Waals surface area contributed by atoms with Gasteiger partial charge in [0, 0.05) is 32.2 Å². The van der Waals surface area contributed by atoms with E-state index in [1.807, 2.05) is 4.90 Å². The highest BCUT2D eigenvalue weighted by molar-refractivity contribution is 5.79. The van der Waals surface area contributed by atoms with Crippen molar-refractivity contribution in [2.24, 2.45) is 0 Å². The number of nitrogens with zero attached hydrogens (tertiary/aromatic N) is 2. The van der Waals surface area contributed by atoms with Gasteiger partial charge in [0.15, 0.2) is 0 Å². The highest BCUT2D eigenvalue weighted by Crippen LogP contribution is 2.29. The number of hydrogen-bond acceptors (Lipinski definition) is 2. The highest BCUT2D eigenvalue weighted by atomic mass is 19.4. The first-order valence-corrected chi connectivity index (χ1v) is 9.65. The Labute approximate surface area is 162 Å². The predicted octanol–water partition coefficient (Wildman–Crippen LogP) is 3.91. The molecule has 3 nitrogen and oxygen atoms in total. The zero-order valence-corrected chi connectivity index (χ0v) is 15.6. The zero-order chi connectivity index (χ0) is 19.7. The Hall–Kier alpha value is -2.34. The summed E-state index contributed by atoms with van der Waals surface area (Å²) in [7, 11) is 0. The second kappa shape index (κ2) is 7.59. The summed E-state index contributed by atoms with van der Waals surface area (Å²) in [5.41, 5.74) is 2.71. The summed E-state index contributed by atoms with van der Waals surface area (Å²) in [5, 5.41) is 0. The van der Waals surface area contributed by atoms with Crippen molar-refractivity contribution in [1.82, 2.24) is 9.80 Å². The molecule has 0 aromatic heterocycles. The van der Waals surface area contributed by atoms with Crippen LogP contribution in [0.4, 0.5) is 13.2 Å². The molecule has 28 heavy (non-hydrogen) atoms. The van der Waals surface area contributed by atoms with Gasteiger partial charge in [0.05, 0.1) is 12.0 Å². The van der Waals surface area contributed by atoms with Gasteiger partial charge in [0.1, 0.15) is 0 Å². The van der Waals surface area contributed by atoms with Crippen molar-refractivity contribution < 1.29 is 18.0 Å². The van der Waals surface area contributed by atoms with Crippen molar-refractivity contribution in [3.05, 3.63) is 70.8 Å². The Morgan fingerprint density at radius 1 is 1.00 bits per heavy atom. The summed E-state index contributed by atoms with van der Waals surface area (Å²) < 4.78 is 38.0. The summed E-state index contributed by atoms with van der Waals surface area (Å²) in [6.07, 6.45) is -2.22. The van der Waals surface area contributed by atoms with E-state index in [1.54, 1.807) is 0 Å². The molecule has 0 radical (unpaired) electrons. The van der Waals surface area contributed by atoms with Crippen LogP contribution < -0.4 is 0 Å². The third-order valence-electron chi connectivity index (χ3n) is 5.83. The van der Waals surface area contributed by atoms with Gasteiger partial charge in [-0.2, -0.15) is 13.2 Å². The van der Waals surface area contributed by atoms with Gasteiger partial charge in [-0.05, 0) is 41.7 Å². The number of carbonyl (C=O) groups is 1. The summed E-state index contributed by atoms with van der Waals surface area (Å²) in [6.45, 7) is 3.33. The van der Waals surface area contributed by atoms with Gasteiger partial charge in [-0.3, -0.25) is 9.69 Å². The third kappa shape index (κ3) is 4.07. The topological polar surface area (TPSA) is 23.6 Å².